The molecule has 0 saturated heterocycles. The van der Waals surface area contributed by atoms with Crippen LogP contribution in [0.15, 0.2) is 24.4 Å². The number of rotatable bonds is 1. The van der Waals surface area contributed by atoms with Crippen molar-refractivity contribution >= 4 is 16.6 Å². The molecule has 0 aliphatic rings. The number of hydrogen-bond acceptors (Lipinski definition) is 1. The number of fused-ring (bicyclic) bond motifs is 1. The van der Waals surface area contributed by atoms with Crippen LogP contribution in [-0.2, 0) is 6.54 Å². The molecule has 0 aliphatic heterocycles. The molecule has 1 aromatic carbocycles. The Morgan fingerprint density at radius 3 is 2.92 bits per heavy atom. The molecule has 2 nitrogen and oxygen atoms in total. The zero-order valence-electron chi connectivity index (χ0n) is 7.42. The fourth-order valence-corrected chi connectivity index (χ4v) is 1.51. The van der Waals surface area contributed by atoms with Crippen molar-refractivity contribution in [3.05, 3.63) is 30.2 Å². The monoisotopic (exact) mass is 178 g/mol. The van der Waals surface area contributed by atoms with Crippen LogP contribution in [0, 0.1) is 5.82 Å². The van der Waals surface area contributed by atoms with Gasteiger partial charge in [0.25, 0.3) is 0 Å². The first-order valence-electron chi connectivity index (χ1n) is 4.26. The maximum absolute atomic E-state index is 13.1. The van der Waals surface area contributed by atoms with E-state index in [4.69, 9.17) is 5.73 Å². The van der Waals surface area contributed by atoms with E-state index in [0.29, 0.717) is 0 Å². The van der Waals surface area contributed by atoms with Crippen LogP contribution in [0.3, 0.4) is 0 Å². The number of nitrogens with two attached hydrogens (primary N) is 1. The smallest absolute Gasteiger partial charge is 0.148 e. The maximum atomic E-state index is 13.1. The van der Waals surface area contributed by atoms with Gasteiger partial charge in [-0.05, 0) is 19.1 Å². The highest BCUT2D eigenvalue weighted by Gasteiger charge is 2.04. The predicted octanol–water partition coefficient (Wildman–Crippen LogP) is 2.38. The predicted molar refractivity (Wildman–Crippen MR) is 52.0 cm³/mol. The van der Waals surface area contributed by atoms with Gasteiger partial charge in [0.1, 0.15) is 5.82 Å². The number of nitrogen functional groups attached to an aromatic ring is 1. The van der Waals surface area contributed by atoms with Crippen LogP contribution < -0.4 is 5.73 Å². The van der Waals surface area contributed by atoms with Crippen molar-refractivity contribution in [1.82, 2.24) is 4.57 Å². The average molecular weight is 178 g/mol. The minimum Gasteiger partial charge on any atom is -0.396 e. The molecule has 2 aromatic rings. The van der Waals surface area contributed by atoms with Crippen LogP contribution in [0.4, 0.5) is 10.1 Å². The van der Waals surface area contributed by atoms with Crippen LogP contribution in [0.5, 0.6) is 0 Å². The summed E-state index contributed by atoms with van der Waals surface area (Å²) in [6, 6.07) is 5.08. The quantitative estimate of drug-likeness (QED) is 0.668. The van der Waals surface area contributed by atoms with Crippen molar-refractivity contribution in [3.63, 3.8) is 0 Å². The summed E-state index contributed by atoms with van der Waals surface area (Å²) >= 11 is 0. The Hall–Kier alpha value is -1.51. The van der Waals surface area contributed by atoms with Gasteiger partial charge in [-0.15, -0.1) is 0 Å². The van der Waals surface area contributed by atoms with E-state index in [1.807, 2.05) is 23.8 Å². The molecular weight excluding hydrogens is 167 g/mol. The third-order valence-corrected chi connectivity index (χ3v) is 2.23. The van der Waals surface area contributed by atoms with Crippen molar-refractivity contribution in [2.24, 2.45) is 0 Å². The summed E-state index contributed by atoms with van der Waals surface area (Å²) in [5.74, 6) is -0.346. The normalized spacial score (nSPS) is 10.9. The van der Waals surface area contributed by atoms with Gasteiger partial charge < -0.3 is 10.3 Å². The molecule has 2 N–H and O–H groups in total. The topological polar surface area (TPSA) is 30.9 Å². The lowest BCUT2D eigenvalue weighted by Crippen LogP contribution is -1.94. The second-order valence-electron chi connectivity index (χ2n) is 3.03. The van der Waals surface area contributed by atoms with Gasteiger partial charge in [0.2, 0.25) is 0 Å². The molecule has 1 heterocycles. The van der Waals surface area contributed by atoms with Crippen molar-refractivity contribution in [2.45, 2.75) is 13.5 Å². The van der Waals surface area contributed by atoms with Crippen molar-refractivity contribution in [3.8, 4) is 0 Å². The van der Waals surface area contributed by atoms with Gasteiger partial charge in [-0.1, -0.05) is 0 Å². The molecule has 13 heavy (non-hydrogen) atoms. The molecule has 0 atom stereocenters. The number of aryl methyl sites for hydroxylation is 1. The lowest BCUT2D eigenvalue weighted by Gasteiger charge is -2.01. The lowest BCUT2D eigenvalue weighted by atomic mass is 10.2. The van der Waals surface area contributed by atoms with Crippen LogP contribution >= 0.6 is 0 Å². The molecule has 0 radical (unpaired) electrons. The Balaban J connectivity index is 2.77. The molecule has 0 fully saturated rings. The Labute approximate surface area is 75.8 Å². The number of anilines is 1. The van der Waals surface area contributed by atoms with E-state index in [1.54, 1.807) is 6.07 Å². The van der Waals surface area contributed by atoms with Gasteiger partial charge in [-0.3, -0.25) is 0 Å². The number of halogens is 1. The second-order valence-corrected chi connectivity index (χ2v) is 3.03. The summed E-state index contributed by atoms with van der Waals surface area (Å²) in [7, 11) is 0. The zero-order chi connectivity index (χ0) is 9.42. The van der Waals surface area contributed by atoms with Gasteiger partial charge >= 0.3 is 0 Å². The van der Waals surface area contributed by atoms with Gasteiger partial charge in [0, 0.05) is 24.2 Å². The summed E-state index contributed by atoms with van der Waals surface area (Å²) in [6.45, 7) is 2.86. The lowest BCUT2D eigenvalue weighted by molar-refractivity contribution is 0.633. The highest BCUT2D eigenvalue weighted by molar-refractivity contribution is 5.83. The average Bonchev–Trinajstić information content (AvgIpc) is 2.48. The summed E-state index contributed by atoms with van der Waals surface area (Å²) in [5.41, 5.74) is 6.56. The molecule has 0 saturated carbocycles. The van der Waals surface area contributed by atoms with E-state index in [0.717, 1.165) is 17.4 Å². The van der Waals surface area contributed by atoms with Gasteiger partial charge in [-0.25, -0.2) is 4.39 Å². The molecule has 0 aliphatic carbocycles. The first-order chi connectivity index (χ1) is 6.22. The van der Waals surface area contributed by atoms with Crippen LogP contribution in [-0.4, -0.2) is 4.57 Å². The Morgan fingerprint density at radius 1 is 1.46 bits per heavy atom. The van der Waals surface area contributed by atoms with Crippen molar-refractivity contribution in [1.29, 1.82) is 0 Å². The van der Waals surface area contributed by atoms with E-state index < -0.39 is 0 Å². The molecule has 0 bridgehead atoms. The van der Waals surface area contributed by atoms with Crippen LogP contribution in [0.2, 0.25) is 0 Å². The fourth-order valence-electron chi connectivity index (χ4n) is 1.51. The number of aromatic nitrogens is 1. The maximum Gasteiger partial charge on any atom is 0.148 e. The largest absolute Gasteiger partial charge is 0.396 e. The minimum atomic E-state index is -0.346. The first-order valence-corrected chi connectivity index (χ1v) is 4.26. The number of nitrogens with zero attached hydrogens (tertiary/aromatic N) is 1. The number of benzene rings is 1. The number of hydrogen-bond donors (Lipinski definition) is 1. The Morgan fingerprint density at radius 2 is 2.23 bits per heavy atom. The molecule has 0 spiro atoms. The molecule has 3 heteroatoms. The summed E-state index contributed by atoms with van der Waals surface area (Å²) in [5, 5.41) is 0.987. The minimum absolute atomic E-state index is 0.210. The molecule has 1 aromatic heterocycles. The van der Waals surface area contributed by atoms with E-state index >= 15 is 0 Å². The molecular formula is C10H11FN2. The zero-order valence-corrected chi connectivity index (χ0v) is 7.42. The van der Waals surface area contributed by atoms with E-state index in [9.17, 15) is 4.39 Å². The second kappa shape index (κ2) is 2.76. The molecule has 0 unspecified atom stereocenters. The van der Waals surface area contributed by atoms with Crippen LogP contribution in [0.1, 0.15) is 6.92 Å². The third kappa shape index (κ3) is 1.16. The van der Waals surface area contributed by atoms with Gasteiger partial charge in [-0.2, -0.15) is 0 Å². The van der Waals surface area contributed by atoms with Crippen LogP contribution in [0.25, 0.3) is 10.9 Å². The molecule has 0 amide bonds. The van der Waals surface area contributed by atoms with Gasteiger partial charge in [0.15, 0.2) is 0 Å². The SMILES string of the molecule is CCn1ccc2cc(N)c(F)cc21. The molecule has 2 rings (SSSR count). The fraction of sp³-hybridized carbons (Fsp3) is 0.200. The summed E-state index contributed by atoms with van der Waals surface area (Å²) in [6.07, 6.45) is 1.93. The summed E-state index contributed by atoms with van der Waals surface area (Å²) in [4.78, 5) is 0. The Kier molecular flexibility index (Phi) is 1.72. The standard InChI is InChI=1S/C10H11FN2/c1-2-13-4-3-7-5-9(12)8(11)6-10(7)13/h3-6H,2,12H2,1H3. The van der Waals surface area contributed by atoms with E-state index in [1.165, 1.54) is 6.07 Å². The van der Waals surface area contributed by atoms with Crippen molar-refractivity contribution in [2.75, 3.05) is 5.73 Å². The first kappa shape index (κ1) is 8.10. The third-order valence-electron chi connectivity index (χ3n) is 2.23. The summed E-state index contributed by atoms with van der Waals surface area (Å²) < 4.78 is 15.1. The van der Waals surface area contributed by atoms with Crippen molar-refractivity contribution < 1.29 is 4.39 Å². The molecule has 68 valence electrons. The van der Waals surface area contributed by atoms with E-state index in [2.05, 4.69) is 0 Å². The van der Waals surface area contributed by atoms with Gasteiger partial charge in [0.05, 0.1) is 11.2 Å². The van der Waals surface area contributed by atoms with E-state index in [-0.39, 0.29) is 11.5 Å². The highest BCUT2D eigenvalue weighted by atomic mass is 19.1. The highest BCUT2D eigenvalue weighted by Crippen LogP contribution is 2.21. The Bertz CT molecular complexity index is 445.